The first-order chi connectivity index (χ1) is 9.72. The van der Waals surface area contributed by atoms with E-state index in [1.54, 1.807) is 19.2 Å². The zero-order valence-electron chi connectivity index (χ0n) is 11.9. The quantitative estimate of drug-likeness (QED) is 0.853. The molecule has 7 heteroatoms. The highest BCUT2D eigenvalue weighted by atomic mass is 32.2. The monoisotopic (exact) mass is 309 g/mol. The Labute approximate surface area is 123 Å². The fraction of sp³-hybridized carbons (Fsp3) is 0.214. The SMILES string of the molecule is Cc1cncc(NS(=O)(=O)c2c(C)cc(F)c(N)c2C)c1. The van der Waals surface area contributed by atoms with Gasteiger partial charge in [0.15, 0.2) is 0 Å². The van der Waals surface area contributed by atoms with Crippen LogP contribution in [0.5, 0.6) is 0 Å². The van der Waals surface area contributed by atoms with Crippen molar-refractivity contribution >= 4 is 21.4 Å². The molecular weight excluding hydrogens is 293 g/mol. The highest BCUT2D eigenvalue weighted by molar-refractivity contribution is 7.92. The van der Waals surface area contributed by atoms with Crippen LogP contribution in [0, 0.1) is 26.6 Å². The number of anilines is 2. The number of hydrogen-bond donors (Lipinski definition) is 2. The third-order valence-corrected chi connectivity index (χ3v) is 4.77. The van der Waals surface area contributed by atoms with Gasteiger partial charge in [-0.2, -0.15) is 0 Å². The van der Waals surface area contributed by atoms with Gasteiger partial charge in [0, 0.05) is 6.20 Å². The van der Waals surface area contributed by atoms with Crippen LogP contribution >= 0.6 is 0 Å². The van der Waals surface area contributed by atoms with Crippen molar-refractivity contribution < 1.29 is 12.8 Å². The van der Waals surface area contributed by atoms with Crippen molar-refractivity contribution in [1.29, 1.82) is 0 Å². The lowest BCUT2D eigenvalue weighted by atomic mass is 10.1. The molecule has 0 radical (unpaired) electrons. The predicted octanol–water partition coefficient (Wildman–Crippen LogP) is 2.53. The third-order valence-electron chi connectivity index (χ3n) is 3.10. The average molecular weight is 309 g/mol. The summed E-state index contributed by atoms with van der Waals surface area (Å²) in [7, 11) is -3.87. The summed E-state index contributed by atoms with van der Waals surface area (Å²) in [4.78, 5) is 3.92. The molecule has 0 unspecified atom stereocenters. The van der Waals surface area contributed by atoms with Crippen LogP contribution in [0.4, 0.5) is 15.8 Å². The van der Waals surface area contributed by atoms with Crippen LogP contribution in [0.25, 0.3) is 0 Å². The van der Waals surface area contributed by atoms with Crippen LogP contribution in [0.1, 0.15) is 16.7 Å². The van der Waals surface area contributed by atoms with Crippen LogP contribution in [0.15, 0.2) is 29.4 Å². The second kappa shape index (κ2) is 5.33. The molecule has 0 saturated carbocycles. The second-order valence-electron chi connectivity index (χ2n) is 4.90. The molecule has 112 valence electrons. The minimum atomic E-state index is -3.87. The van der Waals surface area contributed by atoms with Gasteiger partial charge in [-0.05, 0) is 49.6 Å². The number of nitrogens with zero attached hydrogens (tertiary/aromatic N) is 1. The van der Waals surface area contributed by atoms with Gasteiger partial charge in [-0.25, -0.2) is 12.8 Å². The molecule has 0 spiro atoms. The van der Waals surface area contributed by atoms with Gasteiger partial charge in [0.1, 0.15) is 5.82 Å². The van der Waals surface area contributed by atoms with Crippen LogP contribution < -0.4 is 10.5 Å². The normalized spacial score (nSPS) is 11.4. The minimum absolute atomic E-state index is 0.0112. The number of halogens is 1. The second-order valence-corrected chi connectivity index (χ2v) is 6.52. The number of nitrogens with one attached hydrogen (secondary N) is 1. The van der Waals surface area contributed by atoms with E-state index < -0.39 is 15.8 Å². The highest BCUT2D eigenvalue weighted by Crippen LogP contribution is 2.28. The Morgan fingerprint density at radius 1 is 1.19 bits per heavy atom. The lowest BCUT2D eigenvalue weighted by Crippen LogP contribution is -2.17. The first kappa shape index (κ1) is 15.2. The number of rotatable bonds is 3. The van der Waals surface area contributed by atoms with Gasteiger partial charge in [0.2, 0.25) is 0 Å². The van der Waals surface area contributed by atoms with E-state index in [0.29, 0.717) is 11.3 Å². The van der Waals surface area contributed by atoms with Crippen molar-refractivity contribution in [2.75, 3.05) is 10.5 Å². The molecule has 0 amide bonds. The number of sulfonamides is 1. The van der Waals surface area contributed by atoms with Gasteiger partial charge in [0.25, 0.3) is 10.0 Å². The van der Waals surface area contributed by atoms with Crippen molar-refractivity contribution in [3.63, 3.8) is 0 Å². The van der Waals surface area contributed by atoms with E-state index in [-0.39, 0.29) is 16.1 Å². The number of nitrogen functional groups attached to an aromatic ring is 1. The molecule has 0 saturated heterocycles. The maximum Gasteiger partial charge on any atom is 0.262 e. The van der Waals surface area contributed by atoms with Crippen molar-refractivity contribution in [3.8, 4) is 0 Å². The summed E-state index contributed by atoms with van der Waals surface area (Å²) in [5.74, 6) is -0.624. The topological polar surface area (TPSA) is 85.1 Å². The molecule has 0 aliphatic rings. The zero-order valence-corrected chi connectivity index (χ0v) is 12.8. The lowest BCUT2D eigenvalue weighted by molar-refractivity contribution is 0.598. The summed E-state index contributed by atoms with van der Waals surface area (Å²) in [5.41, 5.74) is 7.08. The maximum absolute atomic E-state index is 13.5. The van der Waals surface area contributed by atoms with Crippen LogP contribution in [0.2, 0.25) is 0 Å². The molecule has 3 N–H and O–H groups in total. The summed E-state index contributed by atoms with van der Waals surface area (Å²) < 4.78 is 41.0. The van der Waals surface area contributed by atoms with Crippen LogP contribution in [0.3, 0.4) is 0 Å². The molecule has 5 nitrogen and oxygen atoms in total. The first-order valence-electron chi connectivity index (χ1n) is 6.22. The average Bonchev–Trinajstić information content (AvgIpc) is 2.35. The van der Waals surface area contributed by atoms with Crippen LogP contribution in [-0.2, 0) is 10.0 Å². The molecule has 0 bridgehead atoms. The van der Waals surface area contributed by atoms with Gasteiger partial charge in [-0.1, -0.05) is 0 Å². The van der Waals surface area contributed by atoms with Crippen molar-refractivity contribution in [2.24, 2.45) is 0 Å². The van der Waals surface area contributed by atoms with Gasteiger partial charge in [0.05, 0.1) is 22.5 Å². The largest absolute Gasteiger partial charge is 0.396 e. The van der Waals surface area contributed by atoms with Gasteiger partial charge >= 0.3 is 0 Å². The summed E-state index contributed by atoms with van der Waals surface area (Å²) in [6.45, 7) is 4.81. The molecule has 1 aromatic carbocycles. The molecule has 0 aliphatic heterocycles. The van der Waals surface area contributed by atoms with Crippen molar-refractivity contribution in [1.82, 2.24) is 4.98 Å². The van der Waals surface area contributed by atoms with E-state index in [1.165, 1.54) is 20.0 Å². The Kier molecular flexibility index (Phi) is 3.87. The molecule has 0 atom stereocenters. The lowest BCUT2D eigenvalue weighted by Gasteiger charge is -2.15. The Morgan fingerprint density at radius 3 is 2.48 bits per heavy atom. The number of aryl methyl sites for hydroxylation is 2. The summed E-state index contributed by atoms with van der Waals surface area (Å²) >= 11 is 0. The predicted molar refractivity (Wildman–Crippen MR) is 80.1 cm³/mol. The fourth-order valence-electron chi connectivity index (χ4n) is 2.16. The third kappa shape index (κ3) is 2.97. The molecule has 2 rings (SSSR count). The zero-order chi connectivity index (χ0) is 15.8. The van der Waals surface area contributed by atoms with E-state index in [0.717, 1.165) is 11.6 Å². The van der Waals surface area contributed by atoms with E-state index in [9.17, 15) is 12.8 Å². The van der Waals surface area contributed by atoms with Crippen molar-refractivity contribution in [2.45, 2.75) is 25.7 Å². The molecule has 1 heterocycles. The number of aromatic nitrogens is 1. The first-order valence-corrected chi connectivity index (χ1v) is 7.70. The fourth-order valence-corrected chi connectivity index (χ4v) is 3.68. The molecule has 0 aliphatic carbocycles. The van der Waals surface area contributed by atoms with E-state index in [2.05, 4.69) is 9.71 Å². The smallest absolute Gasteiger partial charge is 0.262 e. The van der Waals surface area contributed by atoms with E-state index in [4.69, 9.17) is 5.73 Å². The minimum Gasteiger partial charge on any atom is -0.396 e. The number of benzene rings is 1. The molecular formula is C14H16FN3O2S. The van der Waals surface area contributed by atoms with Gasteiger partial charge < -0.3 is 5.73 Å². The van der Waals surface area contributed by atoms with E-state index in [1.807, 2.05) is 0 Å². The maximum atomic E-state index is 13.5. The number of hydrogen-bond acceptors (Lipinski definition) is 4. The number of pyridine rings is 1. The molecule has 0 fully saturated rings. The standard InChI is InChI=1S/C14H16FN3O2S/c1-8-4-11(7-17-6-8)18-21(19,20)14-9(2)5-12(15)13(16)10(14)3/h4-7,18H,16H2,1-3H3. The molecule has 21 heavy (non-hydrogen) atoms. The Hall–Kier alpha value is -2.15. The number of nitrogens with two attached hydrogens (primary N) is 1. The Morgan fingerprint density at radius 2 is 1.86 bits per heavy atom. The summed E-state index contributed by atoms with van der Waals surface area (Å²) in [6, 6.07) is 2.77. The Balaban J connectivity index is 2.53. The Bertz CT molecular complexity index is 804. The summed E-state index contributed by atoms with van der Waals surface area (Å²) in [5, 5.41) is 0. The van der Waals surface area contributed by atoms with Gasteiger partial charge in [-0.15, -0.1) is 0 Å². The van der Waals surface area contributed by atoms with E-state index >= 15 is 0 Å². The van der Waals surface area contributed by atoms with Gasteiger partial charge in [-0.3, -0.25) is 9.71 Å². The molecule has 1 aromatic heterocycles. The summed E-state index contributed by atoms with van der Waals surface area (Å²) in [6.07, 6.45) is 3.02. The molecule has 2 aromatic rings. The van der Waals surface area contributed by atoms with Crippen molar-refractivity contribution in [3.05, 3.63) is 47.0 Å². The van der Waals surface area contributed by atoms with Crippen LogP contribution in [-0.4, -0.2) is 13.4 Å². The highest BCUT2D eigenvalue weighted by Gasteiger charge is 2.23.